The Bertz CT molecular complexity index is 433. The molecule has 0 aliphatic heterocycles. The van der Waals surface area contributed by atoms with E-state index in [4.69, 9.17) is 0 Å². The third-order valence-electron chi connectivity index (χ3n) is 4.90. The number of hydrogen-bond donors (Lipinski definition) is 1. The number of rotatable bonds is 6. The minimum Gasteiger partial charge on any atom is -0.316 e. The zero-order valence-electron chi connectivity index (χ0n) is 14.5. The molecule has 0 saturated heterocycles. The van der Waals surface area contributed by atoms with E-state index in [1.54, 1.807) is 0 Å². The monoisotopic (exact) mass is 291 g/mol. The molecule has 0 radical (unpaired) electrons. The van der Waals surface area contributed by atoms with Crippen molar-refractivity contribution < 1.29 is 0 Å². The molecule has 21 heavy (non-hydrogen) atoms. The number of nitrogens with one attached hydrogen (secondary N) is 1. The molecule has 1 N–H and O–H groups in total. The summed E-state index contributed by atoms with van der Waals surface area (Å²) >= 11 is 0. The van der Waals surface area contributed by atoms with E-state index >= 15 is 0 Å². The lowest BCUT2D eigenvalue weighted by molar-refractivity contribution is 0.159. The van der Waals surface area contributed by atoms with Crippen LogP contribution < -0.4 is 5.32 Å². The van der Waals surface area contributed by atoms with Crippen molar-refractivity contribution in [2.75, 3.05) is 13.1 Å². The lowest BCUT2D eigenvalue weighted by Gasteiger charge is -2.41. The highest BCUT2D eigenvalue weighted by Crippen LogP contribution is 2.46. The average molecular weight is 291 g/mol. The van der Waals surface area contributed by atoms with Crippen LogP contribution in [0.1, 0.15) is 65.4 Å². The van der Waals surface area contributed by atoms with Crippen LogP contribution in [0, 0.1) is 17.3 Å². The van der Waals surface area contributed by atoms with Crippen molar-refractivity contribution in [2.24, 2.45) is 17.3 Å². The fourth-order valence-corrected chi connectivity index (χ4v) is 3.58. The molecule has 1 aromatic heterocycles. The van der Waals surface area contributed by atoms with Crippen LogP contribution in [-0.2, 0) is 6.54 Å². The van der Waals surface area contributed by atoms with Crippen LogP contribution in [0.2, 0.25) is 0 Å². The summed E-state index contributed by atoms with van der Waals surface area (Å²) in [5.74, 6) is 2.14. The fourth-order valence-electron chi connectivity index (χ4n) is 3.58. The molecule has 2 rings (SSSR count). The fraction of sp³-hybridized carbons (Fsp3) is 0.833. The van der Waals surface area contributed by atoms with E-state index in [1.807, 2.05) is 0 Å². The summed E-state index contributed by atoms with van der Waals surface area (Å²) < 4.78 is 2.07. The highest BCUT2D eigenvalue weighted by atomic mass is 15.3. The van der Waals surface area contributed by atoms with Gasteiger partial charge < -0.3 is 5.32 Å². The first-order valence-corrected chi connectivity index (χ1v) is 8.64. The van der Waals surface area contributed by atoms with Crippen LogP contribution in [-0.4, -0.2) is 22.9 Å². The number of aromatic nitrogens is 2. The molecule has 2 unspecified atom stereocenters. The topological polar surface area (TPSA) is 29.9 Å². The van der Waals surface area contributed by atoms with Crippen molar-refractivity contribution in [3.8, 4) is 0 Å². The summed E-state index contributed by atoms with van der Waals surface area (Å²) in [6.45, 7) is 14.8. The van der Waals surface area contributed by atoms with Crippen molar-refractivity contribution in [3.05, 3.63) is 18.0 Å². The quantitative estimate of drug-likeness (QED) is 0.856. The zero-order chi connectivity index (χ0) is 15.5. The van der Waals surface area contributed by atoms with Gasteiger partial charge in [-0.1, -0.05) is 27.7 Å². The summed E-state index contributed by atoms with van der Waals surface area (Å²) in [5.41, 5.74) is 1.91. The second-order valence-corrected chi connectivity index (χ2v) is 7.96. The molecule has 0 aromatic carbocycles. The predicted molar refractivity (Wildman–Crippen MR) is 89.5 cm³/mol. The summed E-state index contributed by atoms with van der Waals surface area (Å²) in [6, 6.07) is 0. The molecule has 120 valence electrons. The Kier molecular flexibility index (Phi) is 5.48. The molecule has 0 spiro atoms. The molecule has 3 heteroatoms. The molecular formula is C18H33N3. The maximum Gasteiger partial charge on any atom is 0.0524 e. The van der Waals surface area contributed by atoms with Gasteiger partial charge in [-0.15, -0.1) is 0 Å². The van der Waals surface area contributed by atoms with Crippen molar-refractivity contribution in [1.29, 1.82) is 0 Å². The Labute approximate surface area is 130 Å². The van der Waals surface area contributed by atoms with Gasteiger partial charge in [0.2, 0.25) is 0 Å². The number of nitrogens with zero attached hydrogens (tertiary/aromatic N) is 2. The van der Waals surface area contributed by atoms with Gasteiger partial charge in [0.25, 0.3) is 0 Å². The van der Waals surface area contributed by atoms with Crippen LogP contribution >= 0.6 is 0 Å². The largest absolute Gasteiger partial charge is 0.316 e. The lowest BCUT2D eigenvalue weighted by atomic mass is 9.65. The molecule has 1 aliphatic rings. The van der Waals surface area contributed by atoms with Gasteiger partial charge in [0, 0.05) is 12.7 Å². The second-order valence-electron chi connectivity index (χ2n) is 7.96. The van der Waals surface area contributed by atoms with E-state index in [-0.39, 0.29) is 0 Å². The summed E-state index contributed by atoms with van der Waals surface area (Å²) in [5, 5.41) is 8.17. The van der Waals surface area contributed by atoms with Gasteiger partial charge >= 0.3 is 0 Å². The molecule has 1 saturated carbocycles. The van der Waals surface area contributed by atoms with Crippen molar-refractivity contribution in [3.63, 3.8) is 0 Å². The van der Waals surface area contributed by atoms with E-state index < -0.39 is 0 Å². The molecular weight excluding hydrogens is 258 g/mol. The molecule has 0 amide bonds. The van der Waals surface area contributed by atoms with Crippen LogP contribution in [0.3, 0.4) is 0 Å². The Morgan fingerprint density at radius 3 is 2.81 bits per heavy atom. The molecule has 1 heterocycles. The summed E-state index contributed by atoms with van der Waals surface area (Å²) in [7, 11) is 0. The van der Waals surface area contributed by atoms with E-state index in [9.17, 15) is 0 Å². The summed E-state index contributed by atoms with van der Waals surface area (Å²) in [6.07, 6.45) is 8.34. The van der Waals surface area contributed by atoms with Crippen molar-refractivity contribution in [1.82, 2.24) is 15.1 Å². The zero-order valence-corrected chi connectivity index (χ0v) is 14.5. The maximum absolute atomic E-state index is 4.50. The smallest absolute Gasteiger partial charge is 0.0524 e. The normalized spacial score (nSPS) is 25.4. The van der Waals surface area contributed by atoms with Gasteiger partial charge in [0.1, 0.15) is 0 Å². The number of aryl methyl sites for hydroxylation is 1. The first-order chi connectivity index (χ1) is 9.91. The number of hydrogen-bond acceptors (Lipinski definition) is 2. The second kappa shape index (κ2) is 6.95. The minimum atomic E-state index is 0.466. The Morgan fingerprint density at radius 1 is 1.43 bits per heavy atom. The first-order valence-electron chi connectivity index (χ1n) is 8.64. The van der Waals surface area contributed by atoms with E-state index in [0.29, 0.717) is 11.3 Å². The minimum absolute atomic E-state index is 0.466. The van der Waals surface area contributed by atoms with Gasteiger partial charge in [0.15, 0.2) is 0 Å². The van der Waals surface area contributed by atoms with Crippen molar-refractivity contribution in [2.45, 2.75) is 66.3 Å². The summed E-state index contributed by atoms with van der Waals surface area (Å²) in [4.78, 5) is 0. The Balaban J connectivity index is 2.06. The van der Waals surface area contributed by atoms with E-state index in [0.717, 1.165) is 31.5 Å². The van der Waals surface area contributed by atoms with Crippen molar-refractivity contribution >= 4 is 0 Å². The standard InChI is InChI=1S/C18H33N3/c1-6-21-13-16(12-20-21)17-9-18(4,5)8-7-15(17)11-19-10-14(2)3/h12-15,17,19H,6-11H2,1-5H3. The SMILES string of the molecule is CCn1cc(C2CC(C)(C)CCC2CNCC(C)C)cn1. The molecule has 1 fully saturated rings. The van der Waals surface area contributed by atoms with Crippen LogP contribution in [0.4, 0.5) is 0 Å². The van der Waals surface area contributed by atoms with E-state index in [2.05, 4.69) is 62.1 Å². The predicted octanol–water partition coefficient (Wildman–Crippen LogP) is 4.06. The van der Waals surface area contributed by atoms with Crippen LogP contribution in [0.25, 0.3) is 0 Å². The average Bonchev–Trinajstić information content (AvgIpc) is 2.88. The third kappa shape index (κ3) is 4.57. The van der Waals surface area contributed by atoms with Crippen LogP contribution in [0.15, 0.2) is 12.4 Å². The molecule has 3 nitrogen and oxygen atoms in total. The third-order valence-corrected chi connectivity index (χ3v) is 4.90. The molecule has 1 aliphatic carbocycles. The van der Waals surface area contributed by atoms with E-state index in [1.165, 1.54) is 24.8 Å². The maximum atomic E-state index is 4.50. The van der Waals surface area contributed by atoms with Gasteiger partial charge in [0.05, 0.1) is 6.20 Å². The molecule has 0 bridgehead atoms. The van der Waals surface area contributed by atoms with Crippen LogP contribution in [0.5, 0.6) is 0 Å². The highest BCUT2D eigenvalue weighted by Gasteiger charge is 2.36. The molecule has 2 atom stereocenters. The van der Waals surface area contributed by atoms with Gasteiger partial charge in [-0.05, 0) is 68.0 Å². The Hall–Kier alpha value is -0.830. The first kappa shape index (κ1) is 16.5. The Morgan fingerprint density at radius 2 is 2.19 bits per heavy atom. The van der Waals surface area contributed by atoms with Gasteiger partial charge in [-0.2, -0.15) is 5.10 Å². The van der Waals surface area contributed by atoms with Gasteiger partial charge in [-0.3, -0.25) is 4.68 Å². The van der Waals surface area contributed by atoms with Gasteiger partial charge in [-0.25, -0.2) is 0 Å². The molecule has 1 aromatic rings. The highest BCUT2D eigenvalue weighted by molar-refractivity contribution is 5.15. The lowest BCUT2D eigenvalue weighted by Crippen LogP contribution is -2.35.